The van der Waals surface area contributed by atoms with E-state index in [0.717, 1.165) is 87.5 Å². The number of rotatable bonds is 10. The zero-order valence-electron chi connectivity index (χ0n) is 20.7. The van der Waals surface area contributed by atoms with Crippen LogP contribution in [0.1, 0.15) is 45.4 Å². The standard InChI is InChI=1S/C26H37Cl2N5O2/c1-17(16-34-2)32-20-3-5-21(6-4-20)33-25-12-22(23(27)15-30-25)19-11-24(26(28)31-14-19)29-13-18-7-9-35-10-8-18/h11-12,14-15,17-18,20-21,29,32H,3-10,13,16H2,1-2H3,(H,30,33). The summed E-state index contributed by atoms with van der Waals surface area (Å²) in [6.07, 6.45) is 10.1. The number of halogens is 2. The lowest BCUT2D eigenvalue weighted by Gasteiger charge is -2.32. The monoisotopic (exact) mass is 521 g/mol. The second kappa shape index (κ2) is 13.1. The predicted molar refractivity (Wildman–Crippen MR) is 144 cm³/mol. The Morgan fingerprint density at radius 2 is 1.77 bits per heavy atom. The first-order valence-corrected chi connectivity index (χ1v) is 13.4. The second-order valence-electron chi connectivity index (χ2n) is 9.76. The van der Waals surface area contributed by atoms with Crippen molar-refractivity contribution in [1.29, 1.82) is 0 Å². The molecule has 2 aliphatic rings. The zero-order chi connectivity index (χ0) is 24.6. The molecular formula is C26H37Cl2N5O2. The van der Waals surface area contributed by atoms with Crippen LogP contribution in [-0.4, -0.2) is 61.6 Å². The number of methoxy groups -OCH3 is 1. The van der Waals surface area contributed by atoms with Crippen LogP contribution in [0.25, 0.3) is 11.1 Å². The Morgan fingerprint density at radius 1 is 1.03 bits per heavy atom. The fraction of sp³-hybridized carbons (Fsp3) is 0.615. The maximum atomic E-state index is 6.55. The molecule has 0 radical (unpaired) electrons. The van der Waals surface area contributed by atoms with E-state index in [1.54, 1.807) is 19.5 Å². The molecule has 2 fully saturated rings. The summed E-state index contributed by atoms with van der Waals surface area (Å²) in [6, 6.07) is 5.35. The fourth-order valence-corrected chi connectivity index (χ4v) is 5.36. The minimum atomic E-state index is 0.374. The molecule has 1 saturated heterocycles. The summed E-state index contributed by atoms with van der Waals surface area (Å²) in [4.78, 5) is 8.95. The van der Waals surface area contributed by atoms with Crippen LogP contribution in [0.4, 0.5) is 11.5 Å². The van der Waals surface area contributed by atoms with Crippen molar-refractivity contribution in [2.75, 3.05) is 44.1 Å². The van der Waals surface area contributed by atoms with E-state index in [1.165, 1.54) is 0 Å². The summed E-state index contributed by atoms with van der Waals surface area (Å²) in [5, 5.41) is 11.8. The van der Waals surface area contributed by atoms with Crippen LogP contribution in [-0.2, 0) is 9.47 Å². The highest BCUT2D eigenvalue weighted by Gasteiger charge is 2.23. The SMILES string of the molecule is COCC(C)NC1CCC(Nc2cc(-c3cnc(Cl)c(NCC4CCOCC4)c3)c(Cl)cn2)CC1. The molecule has 2 aromatic rings. The lowest BCUT2D eigenvalue weighted by atomic mass is 9.90. The quantitative estimate of drug-likeness (QED) is 0.349. The number of hydrogen-bond donors (Lipinski definition) is 3. The fourth-order valence-electron chi connectivity index (χ4n) is 4.98. The molecule has 7 nitrogen and oxygen atoms in total. The summed E-state index contributed by atoms with van der Waals surface area (Å²) in [5.74, 6) is 1.41. The molecule has 0 amide bonds. The van der Waals surface area contributed by atoms with Crippen molar-refractivity contribution in [2.24, 2.45) is 5.92 Å². The molecule has 35 heavy (non-hydrogen) atoms. The molecule has 9 heteroatoms. The summed E-state index contributed by atoms with van der Waals surface area (Å²) in [7, 11) is 1.75. The van der Waals surface area contributed by atoms with Gasteiger partial charge < -0.3 is 25.4 Å². The highest BCUT2D eigenvalue weighted by atomic mass is 35.5. The van der Waals surface area contributed by atoms with Crippen LogP contribution in [0.5, 0.6) is 0 Å². The topological polar surface area (TPSA) is 80.3 Å². The van der Waals surface area contributed by atoms with E-state index >= 15 is 0 Å². The van der Waals surface area contributed by atoms with Crippen molar-refractivity contribution < 1.29 is 9.47 Å². The summed E-state index contributed by atoms with van der Waals surface area (Å²) < 4.78 is 10.7. The number of anilines is 2. The first-order valence-electron chi connectivity index (χ1n) is 12.7. The summed E-state index contributed by atoms with van der Waals surface area (Å²) >= 11 is 12.9. The molecule has 2 aromatic heterocycles. The highest BCUT2D eigenvalue weighted by molar-refractivity contribution is 6.33. The molecule has 192 valence electrons. The molecule has 1 saturated carbocycles. The Morgan fingerprint density at radius 3 is 2.51 bits per heavy atom. The van der Waals surface area contributed by atoms with Crippen LogP contribution in [0.2, 0.25) is 10.2 Å². The van der Waals surface area contributed by atoms with Gasteiger partial charge in [-0.1, -0.05) is 23.2 Å². The third kappa shape index (κ3) is 7.67. The minimum absolute atomic E-state index is 0.374. The lowest BCUT2D eigenvalue weighted by molar-refractivity contribution is 0.0699. The third-order valence-corrected chi connectivity index (χ3v) is 7.55. The van der Waals surface area contributed by atoms with Gasteiger partial charge in [-0.15, -0.1) is 0 Å². The molecule has 4 rings (SSSR count). The van der Waals surface area contributed by atoms with E-state index in [1.807, 2.05) is 12.1 Å². The van der Waals surface area contributed by atoms with Crippen LogP contribution < -0.4 is 16.0 Å². The van der Waals surface area contributed by atoms with Gasteiger partial charge in [0, 0.05) is 68.5 Å². The number of pyridine rings is 2. The van der Waals surface area contributed by atoms with Gasteiger partial charge in [0.15, 0.2) is 5.15 Å². The Labute approximate surface area is 218 Å². The Balaban J connectivity index is 1.37. The van der Waals surface area contributed by atoms with Crippen molar-refractivity contribution in [3.8, 4) is 11.1 Å². The predicted octanol–water partition coefficient (Wildman–Crippen LogP) is 5.64. The van der Waals surface area contributed by atoms with E-state index in [-0.39, 0.29) is 0 Å². The van der Waals surface area contributed by atoms with Gasteiger partial charge in [-0.3, -0.25) is 0 Å². The maximum absolute atomic E-state index is 6.55. The normalized spacial score (nSPS) is 22.1. The van der Waals surface area contributed by atoms with Crippen molar-refractivity contribution in [2.45, 2.75) is 63.6 Å². The van der Waals surface area contributed by atoms with E-state index in [9.17, 15) is 0 Å². The van der Waals surface area contributed by atoms with Gasteiger partial charge in [0.25, 0.3) is 0 Å². The Kier molecular flexibility index (Phi) is 9.86. The largest absolute Gasteiger partial charge is 0.383 e. The summed E-state index contributed by atoms with van der Waals surface area (Å²) in [5.41, 5.74) is 2.64. The van der Waals surface area contributed by atoms with Crippen LogP contribution in [0.3, 0.4) is 0 Å². The molecule has 1 unspecified atom stereocenters. The molecule has 3 heterocycles. The maximum Gasteiger partial charge on any atom is 0.152 e. The molecule has 0 aromatic carbocycles. The van der Waals surface area contributed by atoms with Gasteiger partial charge >= 0.3 is 0 Å². The van der Waals surface area contributed by atoms with Gasteiger partial charge in [-0.05, 0) is 63.5 Å². The third-order valence-electron chi connectivity index (χ3n) is 6.94. The average Bonchev–Trinajstić information content (AvgIpc) is 2.87. The molecule has 0 bridgehead atoms. The molecule has 3 N–H and O–H groups in total. The average molecular weight is 523 g/mol. The van der Waals surface area contributed by atoms with Gasteiger partial charge in [-0.2, -0.15) is 0 Å². The van der Waals surface area contributed by atoms with E-state index in [4.69, 9.17) is 32.7 Å². The van der Waals surface area contributed by atoms with E-state index in [0.29, 0.717) is 34.2 Å². The minimum Gasteiger partial charge on any atom is -0.383 e. The lowest BCUT2D eigenvalue weighted by Crippen LogP contribution is -2.42. The van der Waals surface area contributed by atoms with Gasteiger partial charge in [0.05, 0.1) is 17.3 Å². The molecular weight excluding hydrogens is 485 g/mol. The van der Waals surface area contributed by atoms with Crippen LogP contribution in [0.15, 0.2) is 24.5 Å². The number of hydrogen-bond acceptors (Lipinski definition) is 7. The van der Waals surface area contributed by atoms with Crippen LogP contribution >= 0.6 is 23.2 Å². The molecule has 1 aliphatic carbocycles. The van der Waals surface area contributed by atoms with Gasteiger partial charge in [0.1, 0.15) is 5.82 Å². The first kappa shape index (κ1) is 26.4. The molecule has 0 spiro atoms. The first-order chi connectivity index (χ1) is 17.0. The Hall–Kier alpha value is -1.64. The van der Waals surface area contributed by atoms with E-state index in [2.05, 4.69) is 32.8 Å². The molecule has 1 aliphatic heterocycles. The van der Waals surface area contributed by atoms with Gasteiger partial charge in [-0.25, -0.2) is 9.97 Å². The Bertz CT molecular complexity index is 949. The van der Waals surface area contributed by atoms with Gasteiger partial charge in [0.2, 0.25) is 0 Å². The van der Waals surface area contributed by atoms with Crippen molar-refractivity contribution in [1.82, 2.24) is 15.3 Å². The number of aromatic nitrogens is 2. The van der Waals surface area contributed by atoms with Crippen LogP contribution in [0, 0.1) is 5.92 Å². The molecule has 1 atom stereocenters. The smallest absolute Gasteiger partial charge is 0.152 e. The van der Waals surface area contributed by atoms with Crippen molar-refractivity contribution in [3.05, 3.63) is 34.7 Å². The number of nitrogens with zero attached hydrogens (tertiary/aromatic N) is 2. The van der Waals surface area contributed by atoms with Crippen molar-refractivity contribution in [3.63, 3.8) is 0 Å². The second-order valence-corrected chi connectivity index (χ2v) is 10.5. The number of nitrogens with one attached hydrogen (secondary N) is 3. The zero-order valence-corrected chi connectivity index (χ0v) is 22.2. The van der Waals surface area contributed by atoms with Crippen molar-refractivity contribution >= 4 is 34.7 Å². The number of ether oxygens (including phenoxy) is 2. The van der Waals surface area contributed by atoms with E-state index < -0.39 is 0 Å². The summed E-state index contributed by atoms with van der Waals surface area (Å²) in [6.45, 7) is 5.41. The highest BCUT2D eigenvalue weighted by Crippen LogP contribution is 2.33.